The molecule has 0 aliphatic carbocycles. The molecule has 0 saturated heterocycles. The van der Waals surface area contributed by atoms with Gasteiger partial charge in [-0.1, -0.05) is 34.6 Å². The molecule has 2 aromatic rings. The molecule has 2 aromatic heterocycles. The van der Waals surface area contributed by atoms with Gasteiger partial charge in [0.05, 0.1) is 11.4 Å². The van der Waals surface area contributed by atoms with Crippen LogP contribution in [0.1, 0.15) is 51.6 Å². The second-order valence-corrected chi connectivity index (χ2v) is 6.85. The van der Waals surface area contributed by atoms with Crippen molar-refractivity contribution in [1.29, 1.82) is 0 Å². The summed E-state index contributed by atoms with van der Waals surface area (Å²) in [5, 5.41) is 8.71. The molecule has 4 heteroatoms. The summed E-state index contributed by atoms with van der Waals surface area (Å²) < 4.78 is 0. The van der Waals surface area contributed by atoms with E-state index in [1.165, 1.54) is 0 Å². The van der Waals surface area contributed by atoms with Crippen molar-refractivity contribution < 1.29 is 0 Å². The molecule has 0 bridgehead atoms. The van der Waals surface area contributed by atoms with Crippen LogP contribution in [-0.2, 0) is 17.3 Å². The second kappa shape index (κ2) is 5.27. The smallest absolute Gasteiger partial charge is 0.115 e. The highest BCUT2D eigenvalue weighted by molar-refractivity contribution is 5.21. The fourth-order valence-electron chi connectivity index (χ4n) is 2.06. The maximum atomic E-state index is 4.37. The highest BCUT2D eigenvalue weighted by Gasteiger charge is 2.23. The van der Waals surface area contributed by atoms with Crippen LogP contribution in [0.5, 0.6) is 0 Å². The molecule has 0 fully saturated rings. The van der Waals surface area contributed by atoms with Crippen molar-refractivity contribution in [1.82, 2.24) is 20.2 Å². The van der Waals surface area contributed by atoms with E-state index < -0.39 is 0 Å². The van der Waals surface area contributed by atoms with Gasteiger partial charge in [-0.15, -0.1) is 0 Å². The summed E-state index contributed by atoms with van der Waals surface area (Å²) >= 11 is 0. The quantitative estimate of drug-likeness (QED) is 0.860. The van der Waals surface area contributed by atoms with E-state index in [0.29, 0.717) is 0 Å². The third-order valence-corrected chi connectivity index (χ3v) is 3.45. The summed E-state index contributed by atoms with van der Waals surface area (Å²) in [7, 11) is 0. The van der Waals surface area contributed by atoms with Crippen molar-refractivity contribution >= 4 is 0 Å². The minimum Gasteiger partial charge on any atom is -0.245 e. The van der Waals surface area contributed by atoms with Crippen LogP contribution in [0.15, 0.2) is 30.9 Å². The minimum atomic E-state index is -0.0564. The van der Waals surface area contributed by atoms with Gasteiger partial charge in [-0.25, -0.2) is 9.97 Å². The van der Waals surface area contributed by atoms with Crippen LogP contribution in [0.2, 0.25) is 0 Å². The molecule has 0 radical (unpaired) electrons. The van der Waals surface area contributed by atoms with Crippen LogP contribution in [0.4, 0.5) is 0 Å². The average molecular weight is 270 g/mol. The number of aromatic nitrogens is 4. The molecule has 0 aliphatic rings. The van der Waals surface area contributed by atoms with Crippen LogP contribution in [0.25, 0.3) is 0 Å². The molecule has 20 heavy (non-hydrogen) atoms. The highest BCUT2D eigenvalue weighted by Crippen LogP contribution is 2.26. The van der Waals surface area contributed by atoms with Crippen molar-refractivity contribution in [2.24, 2.45) is 0 Å². The fraction of sp³-hybridized carbons (Fsp3) is 0.500. The van der Waals surface area contributed by atoms with E-state index >= 15 is 0 Å². The number of nitrogens with zero attached hydrogens (tertiary/aromatic N) is 4. The first-order valence-corrected chi connectivity index (χ1v) is 6.88. The Morgan fingerprint density at radius 3 is 2.05 bits per heavy atom. The van der Waals surface area contributed by atoms with Crippen molar-refractivity contribution in [2.75, 3.05) is 0 Å². The van der Waals surface area contributed by atoms with Crippen molar-refractivity contribution in [3.63, 3.8) is 0 Å². The van der Waals surface area contributed by atoms with E-state index in [-0.39, 0.29) is 10.8 Å². The molecule has 106 valence electrons. The lowest BCUT2D eigenvalue weighted by Gasteiger charge is -2.24. The Labute approximate surface area is 120 Å². The lowest BCUT2D eigenvalue weighted by Crippen LogP contribution is -2.22. The maximum Gasteiger partial charge on any atom is 0.115 e. The topological polar surface area (TPSA) is 51.6 Å². The predicted molar refractivity (Wildman–Crippen MR) is 79.5 cm³/mol. The first-order chi connectivity index (χ1) is 9.29. The Kier molecular flexibility index (Phi) is 3.84. The molecule has 0 N–H and O–H groups in total. The summed E-state index contributed by atoms with van der Waals surface area (Å²) in [5.74, 6) is 0. The maximum absolute atomic E-state index is 4.37. The molecule has 0 spiro atoms. The zero-order chi connectivity index (χ0) is 14.8. The summed E-state index contributed by atoms with van der Waals surface area (Å²) in [6.07, 6.45) is 6.10. The van der Waals surface area contributed by atoms with Crippen LogP contribution in [0.3, 0.4) is 0 Å². The summed E-state index contributed by atoms with van der Waals surface area (Å²) in [6.45, 7) is 10.8. The molecule has 0 atom stereocenters. The van der Waals surface area contributed by atoms with Crippen molar-refractivity contribution in [3.05, 3.63) is 47.8 Å². The van der Waals surface area contributed by atoms with Crippen LogP contribution in [-0.4, -0.2) is 20.2 Å². The molecule has 0 saturated carbocycles. The standard InChI is InChI=1S/C16H22N4/c1-15(2,3)14-7-6-13(19-20-14)8-16(4,5)12-9-17-11-18-10-12/h6-7,9-11H,8H2,1-5H3. The molecule has 4 nitrogen and oxygen atoms in total. The third kappa shape index (κ3) is 3.38. The van der Waals surface area contributed by atoms with Gasteiger partial charge in [0, 0.05) is 24.2 Å². The molecule has 0 aromatic carbocycles. The van der Waals surface area contributed by atoms with Crippen molar-refractivity contribution in [3.8, 4) is 0 Å². The Morgan fingerprint density at radius 1 is 0.900 bits per heavy atom. The van der Waals surface area contributed by atoms with Crippen LogP contribution < -0.4 is 0 Å². The van der Waals surface area contributed by atoms with E-state index in [2.05, 4.69) is 66.9 Å². The average Bonchev–Trinajstić information content (AvgIpc) is 2.39. The summed E-state index contributed by atoms with van der Waals surface area (Å²) in [4.78, 5) is 8.18. The molecular formula is C16H22N4. The Bertz CT molecular complexity index is 553. The van der Waals surface area contributed by atoms with Crippen molar-refractivity contribution in [2.45, 2.75) is 51.9 Å². The van der Waals surface area contributed by atoms with E-state index in [0.717, 1.165) is 23.4 Å². The van der Waals surface area contributed by atoms with Gasteiger partial charge in [0.2, 0.25) is 0 Å². The monoisotopic (exact) mass is 270 g/mol. The molecule has 2 rings (SSSR count). The fourth-order valence-corrected chi connectivity index (χ4v) is 2.06. The van der Waals surface area contributed by atoms with Gasteiger partial charge in [-0.3, -0.25) is 0 Å². The molecule has 0 aliphatic heterocycles. The Hall–Kier alpha value is -1.84. The van der Waals surface area contributed by atoms with Gasteiger partial charge in [0.1, 0.15) is 6.33 Å². The summed E-state index contributed by atoms with van der Waals surface area (Å²) in [5.41, 5.74) is 3.10. The Balaban J connectivity index is 2.18. The van der Waals surface area contributed by atoms with Gasteiger partial charge in [0.25, 0.3) is 0 Å². The van der Waals surface area contributed by atoms with Crippen LogP contribution >= 0.6 is 0 Å². The third-order valence-electron chi connectivity index (χ3n) is 3.45. The van der Waals surface area contributed by atoms with E-state index in [9.17, 15) is 0 Å². The van der Waals surface area contributed by atoms with Gasteiger partial charge in [0.15, 0.2) is 0 Å². The first-order valence-electron chi connectivity index (χ1n) is 6.88. The minimum absolute atomic E-state index is 0.0360. The van der Waals surface area contributed by atoms with Gasteiger partial charge >= 0.3 is 0 Å². The van der Waals surface area contributed by atoms with E-state index in [1.54, 1.807) is 6.33 Å². The van der Waals surface area contributed by atoms with Gasteiger partial charge < -0.3 is 0 Å². The highest BCUT2D eigenvalue weighted by atomic mass is 15.1. The van der Waals surface area contributed by atoms with Crippen LogP contribution in [0, 0.1) is 0 Å². The predicted octanol–water partition coefficient (Wildman–Crippen LogP) is 3.08. The largest absolute Gasteiger partial charge is 0.245 e. The Morgan fingerprint density at radius 2 is 1.55 bits per heavy atom. The zero-order valence-corrected chi connectivity index (χ0v) is 12.9. The normalized spacial score (nSPS) is 12.4. The van der Waals surface area contributed by atoms with Gasteiger partial charge in [-0.05, 0) is 23.1 Å². The van der Waals surface area contributed by atoms with E-state index in [4.69, 9.17) is 0 Å². The van der Waals surface area contributed by atoms with E-state index in [1.807, 2.05) is 12.4 Å². The second-order valence-electron chi connectivity index (χ2n) is 6.85. The summed E-state index contributed by atoms with van der Waals surface area (Å²) in [6, 6.07) is 4.14. The van der Waals surface area contributed by atoms with Gasteiger partial charge in [-0.2, -0.15) is 10.2 Å². The first kappa shape index (κ1) is 14.6. The lowest BCUT2D eigenvalue weighted by molar-refractivity contribution is 0.502. The SMILES string of the molecule is CC(C)(C)c1ccc(CC(C)(C)c2cncnc2)nn1. The number of hydrogen-bond acceptors (Lipinski definition) is 4. The number of rotatable bonds is 3. The molecule has 2 heterocycles. The lowest BCUT2D eigenvalue weighted by atomic mass is 9.82. The molecular weight excluding hydrogens is 248 g/mol. The number of hydrogen-bond donors (Lipinski definition) is 0. The molecule has 0 unspecified atom stereocenters. The zero-order valence-electron chi connectivity index (χ0n) is 12.9. The molecule has 0 amide bonds.